The number of piperidine rings is 1. The van der Waals surface area contributed by atoms with Crippen LogP contribution >= 0.6 is 0 Å². The van der Waals surface area contributed by atoms with Gasteiger partial charge in [-0.15, -0.1) is 0 Å². The van der Waals surface area contributed by atoms with Crippen LogP contribution in [0.5, 0.6) is 0 Å². The highest BCUT2D eigenvalue weighted by Gasteiger charge is 2.34. The molecule has 1 amide bonds. The van der Waals surface area contributed by atoms with Crippen LogP contribution in [0.3, 0.4) is 0 Å². The number of sulfonamides is 1. The fourth-order valence-corrected chi connectivity index (χ4v) is 7.08. The van der Waals surface area contributed by atoms with E-state index < -0.39 is 10.0 Å². The van der Waals surface area contributed by atoms with Crippen LogP contribution in [0.2, 0.25) is 0 Å². The van der Waals surface area contributed by atoms with E-state index in [0.717, 1.165) is 58.2 Å². The van der Waals surface area contributed by atoms with Crippen LogP contribution in [-0.4, -0.2) is 60.9 Å². The summed E-state index contributed by atoms with van der Waals surface area (Å²) < 4.78 is 32.0. The van der Waals surface area contributed by atoms with Gasteiger partial charge in [-0.25, -0.2) is 13.1 Å². The Morgan fingerprint density at radius 3 is 2.18 bits per heavy atom. The molecule has 2 fully saturated rings. The number of aromatic nitrogens is 1. The molecule has 0 saturated carbocycles. The molecule has 2 saturated heterocycles. The number of amides is 1. The van der Waals surface area contributed by atoms with Crippen molar-refractivity contribution < 1.29 is 13.2 Å². The highest BCUT2D eigenvalue weighted by Crippen LogP contribution is 2.29. The van der Waals surface area contributed by atoms with Crippen LogP contribution in [-0.2, 0) is 23.6 Å². The second kappa shape index (κ2) is 10.6. The lowest BCUT2D eigenvalue weighted by Crippen LogP contribution is -2.44. The van der Waals surface area contributed by atoms with Gasteiger partial charge in [0.1, 0.15) is 4.90 Å². The Kier molecular flexibility index (Phi) is 7.80. The van der Waals surface area contributed by atoms with Gasteiger partial charge in [0.05, 0.1) is 5.56 Å². The summed E-state index contributed by atoms with van der Waals surface area (Å²) in [6.45, 7) is 7.59. The molecule has 8 heteroatoms. The molecule has 0 radical (unpaired) electrons. The quantitative estimate of drug-likeness (QED) is 0.677. The van der Waals surface area contributed by atoms with Crippen molar-refractivity contribution in [2.75, 3.05) is 26.2 Å². The summed E-state index contributed by atoms with van der Waals surface area (Å²) in [5.41, 5.74) is 2.94. The van der Waals surface area contributed by atoms with E-state index in [9.17, 15) is 13.2 Å². The summed E-state index contributed by atoms with van der Waals surface area (Å²) in [6.07, 6.45) is 5.69. The van der Waals surface area contributed by atoms with Gasteiger partial charge in [-0.2, -0.15) is 0 Å². The zero-order valence-electron chi connectivity index (χ0n) is 20.7. The first kappa shape index (κ1) is 24.9. The van der Waals surface area contributed by atoms with Crippen molar-refractivity contribution in [3.8, 4) is 0 Å². The SMILES string of the molecule is Cc1c(C(=O)N2CCCCCC2)c(S(=O)(=O)NC2CCN(Cc3ccccc3)CC2)c(C)n1C. The summed E-state index contributed by atoms with van der Waals surface area (Å²) >= 11 is 0. The lowest BCUT2D eigenvalue weighted by Gasteiger charge is -2.32. The maximum absolute atomic E-state index is 13.6. The van der Waals surface area contributed by atoms with Crippen molar-refractivity contribution in [2.24, 2.45) is 7.05 Å². The Balaban J connectivity index is 1.49. The van der Waals surface area contributed by atoms with Crippen LogP contribution < -0.4 is 4.72 Å². The molecule has 186 valence electrons. The van der Waals surface area contributed by atoms with E-state index in [1.165, 1.54) is 5.56 Å². The molecule has 1 N–H and O–H groups in total. The highest BCUT2D eigenvalue weighted by molar-refractivity contribution is 7.89. The van der Waals surface area contributed by atoms with Gasteiger partial charge in [-0.3, -0.25) is 9.69 Å². The van der Waals surface area contributed by atoms with Gasteiger partial charge in [-0.05, 0) is 45.1 Å². The van der Waals surface area contributed by atoms with Crippen molar-refractivity contribution in [3.05, 3.63) is 52.8 Å². The minimum atomic E-state index is -3.83. The molecule has 34 heavy (non-hydrogen) atoms. The van der Waals surface area contributed by atoms with E-state index >= 15 is 0 Å². The van der Waals surface area contributed by atoms with Crippen LogP contribution in [0.4, 0.5) is 0 Å². The van der Waals surface area contributed by atoms with E-state index in [0.29, 0.717) is 30.0 Å². The fourth-order valence-electron chi connectivity index (χ4n) is 5.26. The summed E-state index contributed by atoms with van der Waals surface area (Å²) in [5, 5.41) is 0. The van der Waals surface area contributed by atoms with E-state index in [1.54, 1.807) is 6.92 Å². The third-order valence-corrected chi connectivity index (χ3v) is 9.14. The zero-order valence-corrected chi connectivity index (χ0v) is 21.5. The molecule has 0 spiro atoms. The Hall–Kier alpha value is -2.16. The van der Waals surface area contributed by atoms with Gasteiger partial charge in [0.15, 0.2) is 0 Å². The summed E-state index contributed by atoms with van der Waals surface area (Å²) in [7, 11) is -1.99. The van der Waals surface area contributed by atoms with Gasteiger partial charge in [-0.1, -0.05) is 43.2 Å². The Morgan fingerprint density at radius 1 is 0.941 bits per heavy atom. The monoisotopic (exact) mass is 486 g/mol. The van der Waals surface area contributed by atoms with Crippen LogP contribution in [0.15, 0.2) is 35.2 Å². The molecule has 0 unspecified atom stereocenters. The molecule has 7 nitrogen and oxygen atoms in total. The van der Waals surface area contributed by atoms with E-state index in [1.807, 2.05) is 41.6 Å². The summed E-state index contributed by atoms with van der Waals surface area (Å²) in [6, 6.07) is 10.2. The topological polar surface area (TPSA) is 74.7 Å². The van der Waals surface area contributed by atoms with Crippen molar-refractivity contribution in [3.63, 3.8) is 0 Å². The number of rotatable bonds is 6. The van der Waals surface area contributed by atoms with E-state index in [4.69, 9.17) is 0 Å². The average molecular weight is 487 g/mol. The maximum atomic E-state index is 13.6. The van der Waals surface area contributed by atoms with Gasteiger partial charge < -0.3 is 9.47 Å². The normalized spacial score (nSPS) is 18.7. The Labute approximate surface area is 204 Å². The molecule has 2 aliphatic rings. The standard InChI is InChI=1S/C26H38N4O3S/c1-20-24(26(31)30-15-9-4-5-10-16-30)25(21(2)28(20)3)34(32,33)27-23-13-17-29(18-14-23)19-22-11-7-6-8-12-22/h6-8,11-12,23,27H,4-5,9-10,13-19H2,1-3H3. The number of hydrogen-bond donors (Lipinski definition) is 1. The maximum Gasteiger partial charge on any atom is 0.257 e. The molecule has 0 bridgehead atoms. The Bertz CT molecular complexity index is 1090. The highest BCUT2D eigenvalue weighted by atomic mass is 32.2. The number of hydrogen-bond acceptors (Lipinski definition) is 4. The molecule has 4 rings (SSSR count). The van der Waals surface area contributed by atoms with Gasteiger partial charge >= 0.3 is 0 Å². The number of carbonyl (C=O) groups is 1. The van der Waals surface area contributed by atoms with Crippen molar-refractivity contribution in [2.45, 2.75) is 69.9 Å². The largest absolute Gasteiger partial charge is 0.350 e. The predicted molar refractivity (Wildman–Crippen MR) is 134 cm³/mol. The number of benzene rings is 1. The van der Waals surface area contributed by atoms with Crippen molar-refractivity contribution >= 4 is 15.9 Å². The van der Waals surface area contributed by atoms with Gasteiger partial charge in [0.25, 0.3) is 5.91 Å². The first-order valence-electron chi connectivity index (χ1n) is 12.5. The first-order chi connectivity index (χ1) is 16.3. The first-order valence-corrected chi connectivity index (χ1v) is 14.0. The van der Waals surface area contributed by atoms with Crippen molar-refractivity contribution in [1.29, 1.82) is 0 Å². The third-order valence-electron chi connectivity index (χ3n) is 7.46. The average Bonchev–Trinajstić information content (AvgIpc) is 3.00. The molecule has 0 aliphatic carbocycles. The third kappa shape index (κ3) is 5.39. The molecule has 3 heterocycles. The smallest absolute Gasteiger partial charge is 0.257 e. The fraction of sp³-hybridized carbons (Fsp3) is 0.577. The second-order valence-electron chi connectivity index (χ2n) is 9.80. The Morgan fingerprint density at radius 2 is 1.56 bits per heavy atom. The van der Waals surface area contributed by atoms with Crippen LogP contribution in [0.25, 0.3) is 0 Å². The summed E-state index contributed by atoms with van der Waals surface area (Å²) in [4.78, 5) is 17.9. The van der Waals surface area contributed by atoms with E-state index in [2.05, 4.69) is 21.8 Å². The minimum absolute atomic E-state index is 0.127. The number of nitrogens with zero attached hydrogens (tertiary/aromatic N) is 3. The zero-order chi connectivity index (χ0) is 24.3. The molecular formula is C26H38N4O3S. The lowest BCUT2D eigenvalue weighted by atomic mass is 10.1. The number of carbonyl (C=O) groups excluding carboxylic acids is 1. The van der Waals surface area contributed by atoms with Gasteiger partial charge in [0.2, 0.25) is 10.0 Å². The summed E-state index contributed by atoms with van der Waals surface area (Å²) in [5.74, 6) is -0.152. The molecular weight excluding hydrogens is 448 g/mol. The van der Waals surface area contributed by atoms with Crippen LogP contribution in [0.1, 0.15) is 65.8 Å². The minimum Gasteiger partial charge on any atom is -0.350 e. The lowest BCUT2D eigenvalue weighted by molar-refractivity contribution is 0.0757. The molecule has 1 aromatic heterocycles. The molecule has 2 aromatic rings. The van der Waals surface area contributed by atoms with Crippen molar-refractivity contribution in [1.82, 2.24) is 19.1 Å². The number of likely N-dealkylation sites (tertiary alicyclic amines) is 2. The second-order valence-corrected chi connectivity index (χ2v) is 11.4. The molecule has 2 aliphatic heterocycles. The molecule has 1 aromatic carbocycles. The van der Waals surface area contributed by atoms with Crippen LogP contribution in [0, 0.1) is 13.8 Å². The van der Waals surface area contributed by atoms with E-state index in [-0.39, 0.29) is 16.8 Å². The predicted octanol–water partition coefficient (Wildman–Crippen LogP) is 3.60. The van der Waals surface area contributed by atoms with Gasteiger partial charge in [0, 0.05) is 57.2 Å². The number of nitrogens with one attached hydrogen (secondary N) is 1. The molecule has 0 atom stereocenters.